The van der Waals surface area contributed by atoms with Gasteiger partial charge in [0.2, 0.25) is 5.89 Å². The summed E-state index contributed by atoms with van der Waals surface area (Å²) in [6.07, 6.45) is 4.48. The average molecular weight is 237 g/mol. The standard InChI is InChI=1S/C13H23N3O/c1-12(2,3)11-15-10(17-16-11)9-7-5-6-8-13(9,4)14/h9H,5-8,14H2,1-4H3. The van der Waals surface area contributed by atoms with E-state index in [1.54, 1.807) is 0 Å². The van der Waals surface area contributed by atoms with Crippen LogP contribution in [0.25, 0.3) is 0 Å². The summed E-state index contributed by atoms with van der Waals surface area (Å²) in [6.45, 7) is 8.36. The first-order chi connectivity index (χ1) is 7.81. The molecule has 1 fully saturated rings. The van der Waals surface area contributed by atoms with E-state index in [2.05, 4.69) is 37.8 Å². The molecule has 0 saturated heterocycles. The van der Waals surface area contributed by atoms with E-state index in [9.17, 15) is 0 Å². The van der Waals surface area contributed by atoms with Crippen LogP contribution in [0.3, 0.4) is 0 Å². The van der Waals surface area contributed by atoms with Gasteiger partial charge in [-0.1, -0.05) is 38.8 Å². The van der Waals surface area contributed by atoms with Crippen LogP contribution < -0.4 is 5.73 Å². The van der Waals surface area contributed by atoms with Crippen molar-refractivity contribution in [2.45, 2.75) is 70.3 Å². The van der Waals surface area contributed by atoms with E-state index >= 15 is 0 Å². The second kappa shape index (κ2) is 4.09. The van der Waals surface area contributed by atoms with Crippen LogP contribution in [0.15, 0.2) is 4.52 Å². The van der Waals surface area contributed by atoms with Crippen molar-refractivity contribution in [3.05, 3.63) is 11.7 Å². The zero-order valence-corrected chi connectivity index (χ0v) is 11.3. The van der Waals surface area contributed by atoms with E-state index in [-0.39, 0.29) is 16.9 Å². The number of aromatic nitrogens is 2. The lowest BCUT2D eigenvalue weighted by Crippen LogP contribution is -2.44. The molecule has 1 aromatic heterocycles. The van der Waals surface area contributed by atoms with Crippen molar-refractivity contribution >= 4 is 0 Å². The summed E-state index contributed by atoms with van der Waals surface area (Å²) in [5, 5.41) is 4.09. The van der Waals surface area contributed by atoms with Crippen LogP contribution in [0.2, 0.25) is 0 Å². The predicted octanol–water partition coefficient (Wildman–Crippen LogP) is 2.74. The van der Waals surface area contributed by atoms with Gasteiger partial charge >= 0.3 is 0 Å². The summed E-state index contributed by atoms with van der Waals surface area (Å²) in [7, 11) is 0. The van der Waals surface area contributed by atoms with Crippen LogP contribution in [-0.4, -0.2) is 15.7 Å². The third-order valence-electron chi connectivity index (χ3n) is 3.66. The van der Waals surface area contributed by atoms with Crippen molar-refractivity contribution in [3.8, 4) is 0 Å². The summed E-state index contributed by atoms with van der Waals surface area (Å²) in [5.74, 6) is 1.70. The highest BCUT2D eigenvalue weighted by atomic mass is 16.5. The molecule has 0 spiro atoms. The molecule has 2 N–H and O–H groups in total. The summed E-state index contributed by atoms with van der Waals surface area (Å²) in [4.78, 5) is 4.54. The summed E-state index contributed by atoms with van der Waals surface area (Å²) in [5.41, 5.74) is 6.07. The van der Waals surface area contributed by atoms with Gasteiger partial charge < -0.3 is 10.3 Å². The average Bonchev–Trinajstić information content (AvgIpc) is 2.65. The molecule has 1 aliphatic carbocycles. The van der Waals surface area contributed by atoms with Crippen molar-refractivity contribution in [2.75, 3.05) is 0 Å². The third kappa shape index (κ3) is 2.51. The van der Waals surface area contributed by atoms with Gasteiger partial charge in [0.15, 0.2) is 5.82 Å². The highest BCUT2D eigenvalue weighted by molar-refractivity contribution is 5.09. The molecule has 4 heteroatoms. The van der Waals surface area contributed by atoms with E-state index in [1.165, 1.54) is 12.8 Å². The lowest BCUT2D eigenvalue weighted by atomic mass is 9.74. The van der Waals surface area contributed by atoms with Crippen LogP contribution in [0.5, 0.6) is 0 Å². The summed E-state index contributed by atoms with van der Waals surface area (Å²) >= 11 is 0. The molecular formula is C13H23N3O. The topological polar surface area (TPSA) is 64.9 Å². The predicted molar refractivity (Wildman–Crippen MR) is 66.8 cm³/mol. The van der Waals surface area contributed by atoms with E-state index < -0.39 is 0 Å². The molecule has 2 rings (SSSR count). The molecule has 0 aromatic carbocycles. The second-order valence-corrected chi connectivity index (χ2v) is 6.51. The molecule has 1 aliphatic rings. The monoisotopic (exact) mass is 237 g/mol. The Morgan fingerprint density at radius 2 is 2.06 bits per heavy atom. The Hall–Kier alpha value is -0.900. The minimum atomic E-state index is -0.208. The number of hydrogen-bond donors (Lipinski definition) is 1. The van der Waals surface area contributed by atoms with Gasteiger partial charge in [-0.25, -0.2) is 0 Å². The fourth-order valence-corrected chi connectivity index (χ4v) is 2.45. The molecule has 0 bridgehead atoms. The van der Waals surface area contributed by atoms with Crippen molar-refractivity contribution < 1.29 is 4.52 Å². The van der Waals surface area contributed by atoms with Crippen LogP contribution >= 0.6 is 0 Å². The minimum Gasteiger partial charge on any atom is -0.339 e. The number of rotatable bonds is 1. The Kier molecular flexibility index (Phi) is 3.02. The van der Waals surface area contributed by atoms with Gasteiger partial charge in [0.05, 0.1) is 5.92 Å². The van der Waals surface area contributed by atoms with Gasteiger partial charge in [-0.15, -0.1) is 0 Å². The van der Waals surface area contributed by atoms with Gasteiger partial charge in [0, 0.05) is 11.0 Å². The van der Waals surface area contributed by atoms with Crippen molar-refractivity contribution in [1.82, 2.24) is 10.1 Å². The van der Waals surface area contributed by atoms with E-state index in [1.807, 2.05) is 0 Å². The molecule has 4 nitrogen and oxygen atoms in total. The maximum Gasteiger partial charge on any atom is 0.231 e. The molecular weight excluding hydrogens is 214 g/mol. The first-order valence-electron chi connectivity index (χ1n) is 6.44. The SMILES string of the molecule is CC(C)(C)c1noc(C2CCCCC2(C)N)n1. The van der Waals surface area contributed by atoms with Crippen molar-refractivity contribution in [2.24, 2.45) is 5.73 Å². The lowest BCUT2D eigenvalue weighted by Gasteiger charge is -2.35. The minimum absolute atomic E-state index is 0.0680. The fourth-order valence-electron chi connectivity index (χ4n) is 2.45. The second-order valence-electron chi connectivity index (χ2n) is 6.51. The zero-order chi connectivity index (χ0) is 12.7. The Bertz CT molecular complexity index is 390. The maximum atomic E-state index is 6.34. The Balaban J connectivity index is 2.25. The number of nitrogens with zero attached hydrogens (tertiary/aromatic N) is 2. The van der Waals surface area contributed by atoms with Gasteiger partial charge in [-0.3, -0.25) is 0 Å². The number of nitrogens with two attached hydrogens (primary N) is 1. The fraction of sp³-hybridized carbons (Fsp3) is 0.846. The molecule has 17 heavy (non-hydrogen) atoms. The van der Waals surface area contributed by atoms with Crippen molar-refractivity contribution in [1.29, 1.82) is 0 Å². The first-order valence-corrected chi connectivity index (χ1v) is 6.44. The smallest absolute Gasteiger partial charge is 0.231 e. The Labute approximate surface area is 103 Å². The highest BCUT2D eigenvalue weighted by Gasteiger charge is 2.38. The van der Waals surface area contributed by atoms with Crippen LogP contribution in [0, 0.1) is 0 Å². The molecule has 2 atom stereocenters. The van der Waals surface area contributed by atoms with Gasteiger partial charge in [0.25, 0.3) is 0 Å². The largest absolute Gasteiger partial charge is 0.339 e. The number of hydrogen-bond acceptors (Lipinski definition) is 4. The van der Waals surface area contributed by atoms with Crippen LogP contribution in [0.1, 0.15) is 71.0 Å². The lowest BCUT2D eigenvalue weighted by molar-refractivity contribution is 0.222. The Morgan fingerprint density at radius 1 is 1.35 bits per heavy atom. The zero-order valence-electron chi connectivity index (χ0n) is 11.3. The molecule has 1 aromatic rings. The molecule has 0 aliphatic heterocycles. The molecule has 0 radical (unpaired) electrons. The molecule has 2 unspecified atom stereocenters. The summed E-state index contributed by atoms with van der Waals surface area (Å²) in [6, 6.07) is 0. The van der Waals surface area contributed by atoms with Gasteiger partial charge in [-0.2, -0.15) is 4.98 Å². The Morgan fingerprint density at radius 3 is 2.59 bits per heavy atom. The van der Waals surface area contributed by atoms with E-state index in [4.69, 9.17) is 10.3 Å². The normalized spacial score (nSPS) is 30.5. The van der Waals surface area contributed by atoms with Crippen LogP contribution in [0.4, 0.5) is 0 Å². The molecule has 1 saturated carbocycles. The molecule has 1 heterocycles. The molecule has 96 valence electrons. The van der Waals surface area contributed by atoms with Gasteiger partial charge in [-0.05, 0) is 19.8 Å². The highest BCUT2D eigenvalue weighted by Crippen LogP contribution is 2.38. The molecule has 0 amide bonds. The van der Waals surface area contributed by atoms with Gasteiger partial charge in [0.1, 0.15) is 0 Å². The third-order valence-corrected chi connectivity index (χ3v) is 3.66. The van der Waals surface area contributed by atoms with Crippen molar-refractivity contribution in [3.63, 3.8) is 0 Å². The van der Waals surface area contributed by atoms with Crippen LogP contribution in [-0.2, 0) is 5.41 Å². The van der Waals surface area contributed by atoms with E-state index in [0.717, 1.165) is 24.6 Å². The first kappa shape index (κ1) is 12.6. The maximum absolute atomic E-state index is 6.34. The summed E-state index contributed by atoms with van der Waals surface area (Å²) < 4.78 is 5.43. The van der Waals surface area contributed by atoms with E-state index in [0.29, 0.717) is 0 Å². The quantitative estimate of drug-likeness (QED) is 0.815.